The van der Waals surface area contributed by atoms with Crippen molar-refractivity contribution in [2.75, 3.05) is 0 Å². The molecule has 0 aliphatic rings. The molecule has 34 heavy (non-hydrogen) atoms. The third kappa shape index (κ3) is 4.09. The Morgan fingerprint density at radius 1 is 1.03 bits per heavy atom. The quantitative estimate of drug-likeness (QED) is 0.408. The Hall–Kier alpha value is -3.87. The monoisotopic (exact) mass is 461 g/mol. The number of nitrogens with one attached hydrogen (secondary N) is 1. The van der Waals surface area contributed by atoms with Crippen molar-refractivity contribution in [1.82, 2.24) is 5.32 Å². The summed E-state index contributed by atoms with van der Waals surface area (Å²) < 4.78 is 11.4. The van der Waals surface area contributed by atoms with Crippen molar-refractivity contribution in [3.05, 3.63) is 80.9 Å². The molecule has 0 aliphatic carbocycles. The Balaban J connectivity index is 1.76. The molecule has 4 rings (SSSR count). The van der Waals surface area contributed by atoms with E-state index >= 15 is 0 Å². The summed E-state index contributed by atoms with van der Waals surface area (Å²) in [5.74, 6) is -1.77. The maximum Gasteiger partial charge on any atom is 0.340 e. The summed E-state index contributed by atoms with van der Waals surface area (Å²) in [5, 5.41) is 13.8. The number of hydrogen-bond donors (Lipinski definition) is 2. The number of aliphatic carboxylic acids is 1. The molecule has 2 heterocycles. The van der Waals surface area contributed by atoms with Gasteiger partial charge in [-0.25, -0.2) is 9.59 Å². The molecule has 2 N–H and O–H groups in total. The Labute approximate surface area is 196 Å². The molecule has 0 unspecified atom stereocenters. The number of benzene rings is 2. The van der Waals surface area contributed by atoms with Gasteiger partial charge in [0.15, 0.2) is 6.04 Å². The highest BCUT2D eigenvalue weighted by Gasteiger charge is 2.26. The van der Waals surface area contributed by atoms with Crippen LogP contribution in [0, 0.1) is 13.8 Å². The average molecular weight is 462 g/mol. The van der Waals surface area contributed by atoms with Crippen molar-refractivity contribution >= 4 is 33.8 Å². The third-order valence-corrected chi connectivity index (χ3v) is 6.17. The molecule has 0 fully saturated rings. The molecule has 1 amide bonds. The number of carbonyl (C=O) groups excluding carboxylic acids is 1. The number of carbonyl (C=O) groups is 2. The second-order valence-corrected chi connectivity index (χ2v) is 9.57. The number of amides is 1. The molecule has 176 valence electrons. The first-order chi connectivity index (χ1) is 16.0. The zero-order valence-electron chi connectivity index (χ0n) is 19.8. The third-order valence-electron chi connectivity index (χ3n) is 6.17. The van der Waals surface area contributed by atoms with Crippen LogP contribution in [-0.4, -0.2) is 17.0 Å². The molecular formula is C27H27NO6. The summed E-state index contributed by atoms with van der Waals surface area (Å²) in [6.45, 7) is 9.89. The fourth-order valence-corrected chi connectivity index (χ4v) is 4.29. The molecule has 7 heteroatoms. The number of fused-ring (bicyclic) bond motifs is 2. The largest absolute Gasteiger partial charge is 0.479 e. The lowest BCUT2D eigenvalue weighted by Crippen LogP contribution is -2.35. The lowest BCUT2D eigenvalue weighted by atomic mass is 9.86. The number of aryl methyl sites for hydroxylation is 2. The van der Waals surface area contributed by atoms with E-state index in [1.54, 1.807) is 43.5 Å². The van der Waals surface area contributed by atoms with Crippen LogP contribution in [0.1, 0.15) is 54.6 Å². The van der Waals surface area contributed by atoms with E-state index in [4.69, 9.17) is 8.83 Å². The summed E-state index contributed by atoms with van der Waals surface area (Å²) >= 11 is 0. The van der Waals surface area contributed by atoms with Gasteiger partial charge in [-0.2, -0.15) is 0 Å². The van der Waals surface area contributed by atoms with Crippen LogP contribution in [0.25, 0.3) is 21.9 Å². The van der Waals surface area contributed by atoms with Gasteiger partial charge < -0.3 is 19.3 Å². The van der Waals surface area contributed by atoms with Crippen LogP contribution < -0.4 is 10.9 Å². The second kappa shape index (κ2) is 8.48. The summed E-state index contributed by atoms with van der Waals surface area (Å²) in [5.41, 5.74) is 3.31. The second-order valence-electron chi connectivity index (χ2n) is 9.57. The fraction of sp³-hybridized carbons (Fsp3) is 0.296. The van der Waals surface area contributed by atoms with E-state index < -0.39 is 23.5 Å². The predicted octanol–water partition coefficient (Wildman–Crippen LogP) is 4.94. The molecule has 7 nitrogen and oxygen atoms in total. The molecule has 0 saturated carbocycles. The normalized spacial score (nSPS) is 12.7. The highest BCUT2D eigenvalue weighted by atomic mass is 16.4. The van der Waals surface area contributed by atoms with E-state index in [1.807, 2.05) is 13.0 Å². The molecule has 2 aromatic heterocycles. The van der Waals surface area contributed by atoms with Crippen molar-refractivity contribution in [3.8, 4) is 0 Å². The standard InChI is InChI=1S/C27H27NO6/c1-14-17-11-19-20(27(3,4)5)13-33-23(19)15(2)24(17)34-26(32)18(14)12-21(29)28-22(25(30)31)16-9-7-6-8-10-16/h6-11,13,22H,12H2,1-5H3,(H,28,29)(H,30,31)/t22-/m0/s1. The summed E-state index contributed by atoms with van der Waals surface area (Å²) in [7, 11) is 0. The van der Waals surface area contributed by atoms with Crippen LogP contribution in [0.5, 0.6) is 0 Å². The molecule has 2 aromatic carbocycles. The molecule has 0 radical (unpaired) electrons. The van der Waals surface area contributed by atoms with Gasteiger partial charge in [-0.1, -0.05) is 51.1 Å². The number of hydrogen-bond acceptors (Lipinski definition) is 5. The molecular weight excluding hydrogens is 434 g/mol. The van der Waals surface area contributed by atoms with Crippen LogP contribution in [-0.2, 0) is 21.4 Å². The van der Waals surface area contributed by atoms with E-state index in [-0.39, 0.29) is 17.4 Å². The zero-order valence-corrected chi connectivity index (χ0v) is 19.8. The van der Waals surface area contributed by atoms with E-state index in [2.05, 4.69) is 26.1 Å². The summed E-state index contributed by atoms with van der Waals surface area (Å²) in [6, 6.07) is 9.13. The van der Waals surface area contributed by atoms with Gasteiger partial charge in [-0.15, -0.1) is 0 Å². The van der Waals surface area contributed by atoms with Gasteiger partial charge in [0.05, 0.1) is 18.2 Å². The van der Waals surface area contributed by atoms with E-state index in [0.29, 0.717) is 27.9 Å². The molecule has 0 bridgehead atoms. The molecule has 1 atom stereocenters. The molecule has 0 aliphatic heterocycles. The lowest BCUT2D eigenvalue weighted by Gasteiger charge is -2.17. The van der Waals surface area contributed by atoms with Gasteiger partial charge >= 0.3 is 11.6 Å². The van der Waals surface area contributed by atoms with E-state index in [9.17, 15) is 19.5 Å². The first-order valence-electron chi connectivity index (χ1n) is 11.0. The maximum absolute atomic E-state index is 12.8. The van der Waals surface area contributed by atoms with Crippen LogP contribution in [0.15, 0.2) is 56.3 Å². The van der Waals surface area contributed by atoms with Gasteiger partial charge in [-0.05, 0) is 36.5 Å². The van der Waals surface area contributed by atoms with Crippen molar-refractivity contribution in [3.63, 3.8) is 0 Å². The number of carboxylic acids is 1. The van der Waals surface area contributed by atoms with E-state index in [1.165, 1.54) is 0 Å². The average Bonchev–Trinajstić information content (AvgIpc) is 3.21. The van der Waals surface area contributed by atoms with Gasteiger partial charge in [0, 0.05) is 21.9 Å². The van der Waals surface area contributed by atoms with Crippen LogP contribution in [0.3, 0.4) is 0 Å². The highest BCUT2D eigenvalue weighted by molar-refractivity contribution is 6.00. The van der Waals surface area contributed by atoms with Crippen molar-refractivity contribution in [2.45, 2.75) is 52.5 Å². The lowest BCUT2D eigenvalue weighted by molar-refractivity contribution is -0.142. The van der Waals surface area contributed by atoms with Crippen molar-refractivity contribution in [2.24, 2.45) is 0 Å². The predicted molar refractivity (Wildman–Crippen MR) is 129 cm³/mol. The highest BCUT2D eigenvalue weighted by Crippen LogP contribution is 2.37. The first kappa shape index (κ1) is 23.3. The topological polar surface area (TPSA) is 110 Å². The minimum Gasteiger partial charge on any atom is -0.479 e. The summed E-state index contributed by atoms with van der Waals surface area (Å²) in [4.78, 5) is 37.4. The van der Waals surface area contributed by atoms with Gasteiger partial charge in [0.1, 0.15) is 11.2 Å². The zero-order chi connectivity index (χ0) is 24.8. The van der Waals surface area contributed by atoms with Gasteiger partial charge in [0.25, 0.3) is 0 Å². The first-order valence-corrected chi connectivity index (χ1v) is 11.0. The molecule has 0 saturated heterocycles. The van der Waals surface area contributed by atoms with Crippen LogP contribution >= 0.6 is 0 Å². The Morgan fingerprint density at radius 3 is 2.32 bits per heavy atom. The Morgan fingerprint density at radius 2 is 1.71 bits per heavy atom. The van der Waals surface area contributed by atoms with Crippen molar-refractivity contribution < 1.29 is 23.5 Å². The Kier molecular flexibility index (Phi) is 5.81. The fourth-order valence-electron chi connectivity index (χ4n) is 4.29. The smallest absolute Gasteiger partial charge is 0.340 e. The number of carboxylic acid groups (broad SMARTS) is 1. The number of rotatable bonds is 5. The molecule has 0 spiro atoms. The van der Waals surface area contributed by atoms with E-state index in [0.717, 1.165) is 16.3 Å². The SMILES string of the molecule is Cc1c(CC(=O)N[C@H](C(=O)O)c2ccccc2)c(=O)oc2c(C)c3occ(C(C)(C)C)c3cc12. The summed E-state index contributed by atoms with van der Waals surface area (Å²) in [6.07, 6.45) is 1.43. The van der Waals surface area contributed by atoms with Crippen molar-refractivity contribution in [1.29, 1.82) is 0 Å². The van der Waals surface area contributed by atoms with Crippen LogP contribution in [0.2, 0.25) is 0 Å². The minimum absolute atomic E-state index is 0.152. The molecule has 4 aromatic rings. The van der Waals surface area contributed by atoms with Gasteiger partial charge in [0.2, 0.25) is 5.91 Å². The maximum atomic E-state index is 12.8. The Bertz CT molecular complexity index is 1470. The number of furan rings is 1. The van der Waals surface area contributed by atoms with Gasteiger partial charge in [-0.3, -0.25) is 4.79 Å². The minimum atomic E-state index is -1.22. The van der Waals surface area contributed by atoms with Crippen LogP contribution in [0.4, 0.5) is 0 Å².